The fourth-order valence-corrected chi connectivity index (χ4v) is 1.96. The fraction of sp³-hybridized carbons (Fsp3) is 0.308. The first-order valence-electron chi connectivity index (χ1n) is 5.86. The van der Waals surface area contributed by atoms with Crippen molar-refractivity contribution in [3.8, 4) is 0 Å². The molecule has 0 aliphatic carbocycles. The van der Waals surface area contributed by atoms with Crippen LogP contribution in [0, 0.1) is 5.82 Å². The van der Waals surface area contributed by atoms with Gasteiger partial charge in [0.25, 0.3) is 0 Å². The molecule has 1 aromatic heterocycles. The summed E-state index contributed by atoms with van der Waals surface area (Å²) in [6, 6.07) is 4.72. The molecule has 1 aromatic carbocycles. The normalized spacial score (nSPS) is 10.8. The third kappa shape index (κ3) is 2.89. The van der Waals surface area contributed by atoms with Crippen molar-refractivity contribution in [2.24, 2.45) is 0 Å². The zero-order valence-corrected chi connectivity index (χ0v) is 10.9. The van der Waals surface area contributed by atoms with Crippen molar-refractivity contribution in [3.05, 3.63) is 52.8 Å². The Morgan fingerprint density at radius 1 is 1.44 bits per heavy atom. The lowest BCUT2D eigenvalue weighted by Crippen LogP contribution is -2.17. The van der Waals surface area contributed by atoms with Crippen LogP contribution in [0.2, 0.25) is 5.02 Å². The minimum atomic E-state index is -0.286. The van der Waals surface area contributed by atoms with Crippen LogP contribution in [0.15, 0.2) is 30.6 Å². The molecule has 2 aromatic rings. The summed E-state index contributed by atoms with van der Waals surface area (Å²) < 4.78 is 15.6. The second-order valence-electron chi connectivity index (χ2n) is 3.95. The number of aromatic nitrogens is 2. The van der Waals surface area contributed by atoms with Crippen LogP contribution in [0.25, 0.3) is 0 Å². The molecule has 0 fully saturated rings. The van der Waals surface area contributed by atoms with Crippen LogP contribution in [0.1, 0.15) is 18.3 Å². The minimum Gasteiger partial charge on any atom is -0.329 e. The van der Waals surface area contributed by atoms with E-state index in [1.807, 2.05) is 17.7 Å². The molecule has 1 heterocycles. The summed E-state index contributed by atoms with van der Waals surface area (Å²) in [5.41, 5.74) is 0.495. The number of nitrogens with one attached hydrogen (secondary N) is 1. The van der Waals surface area contributed by atoms with E-state index in [0.29, 0.717) is 23.7 Å². The molecule has 0 aliphatic rings. The lowest BCUT2D eigenvalue weighted by atomic mass is 10.2. The third-order valence-corrected chi connectivity index (χ3v) is 3.08. The predicted octanol–water partition coefficient (Wildman–Crippen LogP) is 2.83. The number of imidazole rings is 1. The molecule has 0 spiro atoms. The van der Waals surface area contributed by atoms with E-state index >= 15 is 0 Å². The van der Waals surface area contributed by atoms with Gasteiger partial charge in [0, 0.05) is 23.0 Å². The van der Waals surface area contributed by atoms with Crippen LogP contribution in [0.4, 0.5) is 4.39 Å². The van der Waals surface area contributed by atoms with Crippen LogP contribution in [0.3, 0.4) is 0 Å². The van der Waals surface area contributed by atoms with Crippen molar-refractivity contribution in [3.63, 3.8) is 0 Å². The zero-order valence-electron chi connectivity index (χ0n) is 10.2. The Morgan fingerprint density at radius 3 is 3.00 bits per heavy atom. The summed E-state index contributed by atoms with van der Waals surface area (Å²) in [6.45, 7) is 3.95. The maximum atomic E-state index is 13.7. The Bertz CT molecular complexity index is 504. The monoisotopic (exact) mass is 267 g/mol. The Labute approximate surface area is 111 Å². The SMILES string of the molecule is CCNCc1nccn1Cc1c(F)cccc1Cl. The highest BCUT2D eigenvalue weighted by molar-refractivity contribution is 6.31. The smallest absolute Gasteiger partial charge is 0.129 e. The van der Waals surface area contributed by atoms with Gasteiger partial charge in [-0.2, -0.15) is 0 Å². The molecule has 1 N–H and O–H groups in total. The summed E-state index contributed by atoms with van der Waals surface area (Å²) in [6.07, 6.45) is 3.54. The summed E-state index contributed by atoms with van der Waals surface area (Å²) in [7, 11) is 0. The maximum Gasteiger partial charge on any atom is 0.129 e. The topological polar surface area (TPSA) is 29.9 Å². The van der Waals surface area contributed by atoms with Gasteiger partial charge in [-0.05, 0) is 18.7 Å². The Kier molecular flexibility index (Phi) is 4.33. The largest absolute Gasteiger partial charge is 0.329 e. The molecule has 0 saturated heterocycles. The van der Waals surface area contributed by atoms with E-state index in [0.717, 1.165) is 12.4 Å². The first-order chi connectivity index (χ1) is 8.72. The molecule has 0 bridgehead atoms. The number of halogens is 2. The van der Waals surface area contributed by atoms with Gasteiger partial charge in [0.2, 0.25) is 0 Å². The van der Waals surface area contributed by atoms with Crippen molar-refractivity contribution in [2.45, 2.75) is 20.0 Å². The molecule has 2 rings (SSSR count). The molecular formula is C13H15ClFN3. The van der Waals surface area contributed by atoms with Gasteiger partial charge in [0.1, 0.15) is 11.6 Å². The van der Waals surface area contributed by atoms with E-state index in [1.165, 1.54) is 6.07 Å². The van der Waals surface area contributed by atoms with Gasteiger partial charge >= 0.3 is 0 Å². The van der Waals surface area contributed by atoms with Gasteiger partial charge in [0.05, 0.1) is 13.1 Å². The van der Waals surface area contributed by atoms with Gasteiger partial charge in [-0.1, -0.05) is 24.6 Å². The number of nitrogens with zero attached hydrogens (tertiary/aromatic N) is 2. The molecule has 3 nitrogen and oxygen atoms in total. The molecule has 0 atom stereocenters. The Morgan fingerprint density at radius 2 is 2.28 bits per heavy atom. The van der Waals surface area contributed by atoms with Gasteiger partial charge < -0.3 is 9.88 Å². The van der Waals surface area contributed by atoms with Gasteiger partial charge in [0.15, 0.2) is 0 Å². The highest BCUT2D eigenvalue weighted by Gasteiger charge is 2.09. The summed E-state index contributed by atoms with van der Waals surface area (Å²) in [5, 5.41) is 3.64. The lowest BCUT2D eigenvalue weighted by molar-refractivity contribution is 0.586. The summed E-state index contributed by atoms with van der Waals surface area (Å²) in [5.74, 6) is 0.585. The van der Waals surface area contributed by atoms with Crippen LogP contribution in [-0.2, 0) is 13.1 Å². The van der Waals surface area contributed by atoms with E-state index in [1.54, 1.807) is 18.3 Å². The molecule has 0 radical (unpaired) electrons. The van der Waals surface area contributed by atoms with Crippen molar-refractivity contribution < 1.29 is 4.39 Å². The third-order valence-electron chi connectivity index (χ3n) is 2.72. The van der Waals surface area contributed by atoms with Crippen LogP contribution < -0.4 is 5.32 Å². The summed E-state index contributed by atoms with van der Waals surface area (Å²) in [4.78, 5) is 4.24. The molecule has 0 aliphatic heterocycles. The zero-order chi connectivity index (χ0) is 13.0. The predicted molar refractivity (Wildman–Crippen MR) is 70.1 cm³/mol. The highest BCUT2D eigenvalue weighted by atomic mass is 35.5. The van der Waals surface area contributed by atoms with E-state index in [2.05, 4.69) is 10.3 Å². The fourth-order valence-electron chi connectivity index (χ4n) is 1.74. The number of hydrogen-bond acceptors (Lipinski definition) is 2. The minimum absolute atomic E-state index is 0.286. The molecule has 0 amide bonds. The molecule has 0 saturated carbocycles. The molecular weight excluding hydrogens is 253 g/mol. The van der Waals surface area contributed by atoms with Crippen molar-refractivity contribution in [2.75, 3.05) is 6.54 Å². The van der Waals surface area contributed by atoms with Crippen LogP contribution >= 0.6 is 11.6 Å². The van der Waals surface area contributed by atoms with Crippen molar-refractivity contribution in [1.29, 1.82) is 0 Å². The van der Waals surface area contributed by atoms with E-state index in [9.17, 15) is 4.39 Å². The van der Waals surface area contributed by atoms with Crippen LogP contribution in [-0.4, -0.2) is 16.1 Å². The first kappa shape index (κ1) is 13.1. The molecule has 5 heteroatoms. The average Bonchev–Trinajstić information content (AvgIpc) is 2.79. The Hall–Kier alpha value is -1.39. The Balaban J connectivity index is 2.21. The van der Waals surface area contributed by atoms with E-state index in [4.69, 9.17) is 11.6 Å². The highest BCUT2D eigenvalue weighted by Crippen LogP contribution is 2.20. The standard InChI is InChI=1S/C13H15ClFN3/c1-2-16-8-13-17-6-7-18(13)9-10-11(14)4-3-5-12(10)15/h3-7,16H,2,8-9H2,1H3. The van der Waals surface area contributed by atoms with Crippen molar-refractivity contribution >= 4 is 11.6 Å². The average molecular weight is 268 g/mol. The molecule has 18 heavy (non-hydrogen) atoms. The first-order valence-corrected chi connectivity index (χ1v) is 6.23. The quantitative estimate of drug-likeness (QED) is 0.903. The lowest BCUT2D eigenvalue weighted by Gasteiger charge is -2.10. The van der Waals surface area contributed by atoms with Crippen molar-refractivity contribution in [1.82, 2.24) is 14.9 Å². The van der Waals surface area contributed by atoms with Gasteiger partial charge in [-0.25, -0.2) is 9.37 Å². The molecule has 0 unspecified atom stereocenters. The second kappa shape index (κ2) is 5.98. The van der Waals surface area contributed by atoms with E-state index < -0.39 is 0 Å². The number of rotatable bonds is 5. The maximum absolute atomic E-state index is 13.7. The summed E-state index contributed by atoms with van der Waals surface area (Å²) >= 11 is 6.01. The van der Waals surface area contributed by atoms with Gasteiger partial charge in [-0.3, -0.25) is 0 Å². The van der Waals surface area contributed by atoms with Crippen LogP contribution in [0.5, 0.6) is 0 Å². The molecule has 96 valence electrons. The number of hydrogen-bond donors (Lipinski definition) is 1. The van der Waals surface area contributed by atoms with Gasteiger partial charge in [-0.15, -0.1) is 0 Å². The second-order valence-corrected chi connectivity index (χ2v) is 4.36. The number of benzene rings is 1. The van der Waals surface area contributed by atoms with E-state index in [-0.39, 0.29) is 5.82 Å².